The topological polar surface area (TPSA) is 34.1 Å². The van der Waals surface area contributed by atoms with Crippen LogP contribution in [0.4, 0.5) is 0 Å². The van der Waals surface area contributed by atoms with Crippen molar-refractivity contribution >= 4 is 11.6 Å². The maximum Gasteiger partial charge on any atom is 0.133 e. The summed E-state index contributed by atoms with van der Waals surface area (Å²) >= 11 is 0. The lowest BCUT2D eigenvalue weighted by molar-refractivity contribution is -0.143. The first-order valence-electron chi connectivity index (χ1n) is 9.88. The molecule has 23 heavy (non-hydrogen) atoms. The second kappa shape index (κ2) is 5.17. The highest BCUT2D eigenvalue weighted by Crippen LogP contribution is 2.67. The molecule has 2 nitrogen and oxygen atoms in total. The van der Waals surface area contributed by atoms with Gasteiger partial charge in [0, 0.05) is 18.8 Å². The highest BCUT2D eigenvalue weighted by atomic mass is 16.1. The second-order valence-corrected chi connectivity index (χ2v) is 9.68. The van der Waals surface area contributed by atoms with Crippen LogP contribution >= 0.6 is 0 Å². The Bertz CT molecular complexity index is 538. The molecule has 0 amide bonds. The molecule has 0 aromatic heterocycles. The van der Waals surface area contributed by atoms with Crippen molar-refractivity contribution in [1.82, 2.24) is 0 Å². The van der Waals surface area contributed by atoms with Gasteiger partial charge >= 0.3 is 0 Å². The molecule has 0 aliphatic heterocycles. The molecule has 0 radical (unpaired) electrons. The lowest BCUT2D eigenvalue weighted by Gasteiger charge is -2.60. The summed E-state index contributed by atoms with van der Waals surface area (Å²) in [5.74, 6) is 4.25. The van der Waals surface area contributed by atoms with Gasteiger partial charge in [-0.2, -0.15) is 0 Å². The number of fused-ring (bicyclic) bond motifs is 5. The van der Waals surface area contributed by atoms with Gasteiger partial charge in [0.05, 0.1) is 0 Å². The number of hydrogen-bond donors (Lipinski definition) is 0. The van der Waals surface area contributed by atoms with E-state index in [1.54, 1.807) is 0 Å². The van der Waals surface area contributed by atoms with Crippen LogP contribution in [-0.4, -0.2) is 11.6 Å². The summed E-state index contributed by atoms with van der Waals surface area (Å²) in [5.41, 5.74) is 0.660. The molecular formula is C21H32O2. The van der Waals surface area contributed by atoms with Gasteiger partial charge in [-0.1, -0.05) is 13.8 Å². The van der Waals surface area contributed by atoms with Crippen LogP contribution in [0.5, 0.6) is 0 Å². The van der Waals surface area contributed by atoms with Crippen molar-refractivity contribution in [2.75, 3.05) is 0 Å². The van der Waals surface area contributed by atoms with Crippen molar-refractivity contribution in [1.29, 1.82) is 0 Å². The number of carbonyl (C=O) groups is 2. The molecule has 7 atom stereocenters. The highest BCUT2D eigenvalue weighted by Gasteiger charge is 2.60. The van der Waals surface area contributed by atoms with Gasteiger partial charge in [0.1, 0.15) is 11.6 Å². The van der Waals surface area contributed by atoms with E-state index in [2.05, 4.69) is 13.8 Å². The van der Waals surface area contributed by atoms with Gasteiger partial charge < -0.3 is 0 Å². The minimum Gasteiger partial charge on any atom is -0.300 e. The van der Waals surface area contributed by atoms with Crippen molar-refractivity contribution < 1.29 is 9.59 Å². The molecule has 4 rings (SSSR count). The molecule has 4 aliphatic rings. The van der Waals surface area contributed by atoms with Crippen LogP contribution in [0.25, 0.3) is 0 Å². The maximum atomic E-state index is 12.2. The Morgan fingerprint density at radius 3 is 2.43 bits per heavy atom. The fourth-order valence-corrected chi connectivity index (χ4v) is 7.71. The number of ketones is 2. The molecule has 4 aliphatic carbocycles. The number of Topliss-reactive ketones (excluding diaryl/α,β-unsaturated/α-hetero) is 2. The Labute approximate surface area is 140 Å². The van der Waals surface area contributed by atoms with Gasteiger partial charge in [-0.3, -0.25) is 9.59 Å². The summed E-state index contributed by atoms with van der Waals surface area (Å²) in [6.45, 7) is 6.74. The molecule has 0 aromatic carbocycles. The zero-order valence-corrected chi connectivity index (χ0v) is 15.1. The van der Waals surface area contributed by atoms with Crippen LogP contribution < -0.4 is 0 Å². The minimum atomic E-state index is 0.265. The standard InChI is InChI=1S/C21H32O2/c1-13(22)17-6-7-18-16-5-4-14-12-15(23)8-10-20(14,2)19(16)9-11-21(17,18)3/h14,16-19H,4-12H2,1-3H3/t14-,16+,17-,18+,19+,20+,21-/m1/s1. The molecule has 0 heterocycles. The normalized spacial score (nSPS) is 52.5. The van der Waals surface area contributed by atoms with Crippen molar-refractivity contribution in [3.05, 3.63) is 0 Å². The van der Waals surface area contributed by atoms with E-state index in [1.807, 2.05) is 6.92 Å². The smallest absolute Gasteiger partial charge is 0.133 e. The van der Waals surface area contributed by atoms with E-state index in [0.29, 0.717) is 28.8 Å². The average Bonchev–Trinajstić information content (AvgIpc) is 2.85. The Balaban J connectivity index is 1.63. The molecule has 0 aromatic rings. The Morgan fingerprint density at radius 2 is 1.70 bits per heavy atom. The average molecular weight is 316 g/mol. The summed E-state index contributed by atoms with van der Waals surface area (Å²) in [5, 5.41) is 0. The molecule has 0 saturated heterocycles. The van der Waals surface area contributed by atoms with E-state index in [4.69, 9.17) is 0 Å². The summed E-state index contributed by atoms with van der Waals surface area (Å²) in [7, 11) is 0. The van der Waals surface area contributed by atoms with Crippen molar-refractivity contribution in [2.45, 2.75) is 78.6 Å². The number of hydrogen-bond acceptors (Lipinski definition) is 2. The SMILES string of the molecule is CC(=O)[C@H]1CC[C@H]2[C@@H]3CC[C@@H]4CC(=O)CC[C@]4(C)[C@H]3CC[C@]12C. The van der Waals surface area contributed by atoms with Crippen molar-refractivity contribution in [3.63, 3.8) is 0 Å². The monoisotopic (exact) mass is 316 g/mol. The van der Waals surface area contributed by atoms with E-state index in [0.717, 1.165) is 43.4 Å². The van der Waals surface area contributed by atoms with E-state index in [-0.39, 0.29) is 5.41 Å². The Morgan fingerprint density at radius 1 is 0.957 bits per heavy atom. The fourth-order valence-electron chi connectivity index (χ4n) is 7.71. The zero-order chi connectivity index (χ0) is 16.4. The third-order valence-electron chi connectivity index (χ3n) is 8.97. The molecule has 0 unspecified atom stereocenters. The van der Waals surface area contributed by atoms with E-state index in [9.17, 15) is 9.59 Å². The molecule has 0 spiro atoms. The van der Waals surface area contributed by atoms with Crippen LogP contribution in [0, 0.1) is 40.4 Å². The van der Waals surface area contributed by atoms with Gasteiger partial charge in [-0.25, -0.2) is 0 Å². The highest BCUT2D eigenvalue weighted by molar-refractivity contribution is 5.80. The third-order valence-corrected chi connectivity index (χ3v) is 8.97. The fraction of sp³-hybridized carbons (Fsp3) is 0.905. The van der Waals surface area contributed by atoms with E-state index >= 15 is 0 Å². The van der Waals surface area contributed by atoms with Crippen LogP contribution in [0.15, 0.2) is 0 Å². The van der Waals surface area contributed by atoms with Crippen LogP contribution in [0.1, 0.15) is 78.6 Å². The van der Waals surface area contributed by atoms with Gasteiger partial charge in [-0.05, 0) is 86.4 Å². The number of rotatable bonds is 1. The van der Waals surface area contributed by atoms with E-state index in [1.165, 1.54) is 32.1 Å². The second-order valence-electron chi connectivity index (χ2n) is 9.68. The Hall–Kier alpha value is -0.660. The predicted molar refractivity (Wildman–Crippen MR) is 90.9 cm³/mol. The summed E-state index contributed by atoms with van der Waals surface area (Å²) in [4.78, 5) is 24.1. The summed E-state index contributed by atoms with van der Waals surface area (Å²) in [6, 6.07) is 0. The lowest BCUT2D eigenvalue weighted by atomic mass is 9.44. The molecule has 128 valence electrons. The molecular weight excluding hydrogens is 284 g/mol. The molecule has 4 saturated carbocycles. The summed E-state index contributed by atoms with van der Waals surface area (Å²) < 4.78 is 0. The molecule has 0 bridgehead atoms. The number of carbonyl (C=O) groups excluding carboxylic acids is 2. The van der Waals surface area contributed by atoms with Crippen LogP contribution in [0.3, 0.4) is 0 Å². The maximum absolute atomic E-state index is 12.2. The first-order valence-corrected chi connectivity index (χ1v) is 9.88. The van der Waals surface area contributed by atoms with E-state index < -0.39 is 0 Å². The quantitative estimate of drug-likeness (QED) is 0.696. The first kappa shape index (κ1) is 15.8. The first-order chi connectivity index (χ1) is 10.9. The zero-order valence-electron chi connectivity index (χ0n) is 15.1. The van der Waals surface area contributed by atoms with Crippen molar-refractivity contribution in [2.24, 2.45) is 40.4 Å². The molecule has 4 fully saturated rings. The van der Waals surface area contributed by atoms with Gasteiger partial charge in [0.15, 0.2) is 0 Å². The lowest BCUT2D eigenvalue weighted by Crippen LogP contribution is -2.53. The molecule has 2 heteroatoms. The summed E-state index contributed by atoms with van der Waals surface area (Å²) in [6.07, 6.45) is 10.3. The Kier molecular flexibility index (Phi) is 3.56. The van der Waals surface area contributed by atoms with Gasteiger partial charge in [-0.15, -0.1) is 0 Å². The van der Waals surface area contributed by atoms with Crippen LogP contribution in [0.2, 0.25) is 0 Å². The largest absolute Gasteiger partial charge is 0.300 e. The minimum absolute atomic E-state index is 0.265. The van der Waals surface area contributed by atoms with Crippen LogP contribution in [-0.2, 0) is 9.59 Å². The van der Waals surface area contributed by atoms with Gasteiger partial charge in [0.2, 0.25) is 0 Å². The van der Waals surface area contributed by atoms with Gasteiger partial charge in [0.25, 0.3) is 0 Å². The predicted octanol–water partition coefficient (Wildman–Crippen LogP) is 4.80. The van der Waals surface area contributed by atoms with Crippen molar-refractivity contribution in [3.8, 4) is 0 Å². The third kappa shape index (κ3) is 2.12. The molecule has 0 N–H and O–H groups in total.